The molecular formula is C24H43N5O4. The molecule has 1 amide bonds. The number of allylic oxidation sites excluding steroid dienone is 2. The Bertz CT molecular complexity index is 681. The van der Waals surface area contributed by atoms with Crippen LogP contribution in [-0.2, 0) is 14.2 Å². The number of amidine groups is 1. The lowest BCUT2D eigenvalue weighted by atomic mass is 10.1. The second-order valence-corrected chi connectivity index (χ2v) is 9.03. The van der Waals surface area contributed by atoms with Crippen LogP contribution in [0.25, 0.3) is 0 Å². The van der Waals surface area contributed by atoms with Gasteiger partial charge in [0, 0.05) is 31.6 Å². The summed E-state index contributed by atoms with van der Waals surface area (Å²) in [6.45, 7) is 16.5. The van der Waals surface area contributed by atoms with E-state index in [0.717, 1.165) is 44.4 Å². The fourth-order valence-corrected chi connectivity index (χ4v) is 3.07. The van der Waals surface area contributed by atoms with Crippen LogP contribution in [0.5, 0.6) is 0 Å². The Kier molecular flexibility index (Phi) is 12.6. The largest absolute Gasteiger partial charge is 0.463 e. The number of alkyl carbamates (subject to hydrolysis) is 1. The van der Waals surface area contributed by atoms with Gasteiger partial charge in [-0.25, -0.2) is 15.6 Å². The van der Waals surface area contributed by atoms with Crippen LogP contribution in [0.2, 0.25) is 0 Å². The first-order chi connectivity index (χ1) is 15.5. The van der Waals surface area contributed by atoms with Gasteiger partial charge in [-0.3, -0.25) is 5.01 Å². The highest BCUT2D eigenvalue weighted by molar-refractivity contribution is 5.74. The quantitative estimate of drug-likeness (QED) is 0.119. The first kappa shape index (κ1) is 28.5. The predicted molar refractivity (Wildman–Crippen MR) is 132 cm³/mol. The number of ether oxygens (including phenoxy) is 3. The van der Waals surface area contributed by atoms with E-state index in [9.17, 15) is 4.79 Å². The number of amides is 1. The molecule has 9 nitrogen and oxygen atoms in total. The van der Waals surface area contributed by atoms with Gasteiger partial charge in [0.05, 0.1) is 6.54 Å². The van der Waals surface area contributed by atoms with Crippen LogP contribution >= 0.6 is 0 Å². The van der Waals surface area contributed by atoms with Crippen molar-refractivity contribution >= 4 is 12.1 Å². The maximum atomic E-state index is 11.7. The maximum Gasteiger partial charge on any atom is 0.407 e. The Labute approximate surface area is 199 Å². The zero-order chi connectivity index (χ0) is 24.9. The van der Waals surface area contributed by atoms with Gasteiger partial charge in [-0.05, 0) is 65.9 Å². The molecule has 0 bridgehead atoms. The van der Waals surface area contributed by atoms with E-state index in [4.69, 9.17) is 20.1 Å². The van der Waals surface area contributed by atoms with Gasteiger partial charge in [0.2, 0.25) is 0 Å². The van der Waals surface area contributed by atoms with Crippen LogP contribution in [-0.4, -0.2) is 66.7 Å². The SMILES string of the molecule is C=CN=C(OCCNC(=O)OC(C)(C)C)N(C)[C@@H](C)CC/C=C\C(=C)N(N)C1CCCCO1. The zero-order valence-electron chi connectivity index (χ0n) is 21.0. The molecule has 0 aromatic carbocycles. The third-order valence-electron chi connectivity index (χ3n) is 5.02. The minimum atomic E-state index is -0.539. The van der Waals surface area contributed by atoms with Crippen LogP contribution in [0.1, 0.15) is 59.8 Å². The van der Waals surface area contributed by atoms with Crippen LogP contribution in [0.3, 0.4) is 0 Å². The fraction of sp³-hybridized carbons (Fsp3) is 0.667. The van der Waals surface area contributed by atoms with Crippen molar-refractivity contribution in [1.82, 2.24) is 15.2 Å². The van der Waals surface area contributed by atoms with Crippen LogP contribution in [0, 0.1) is 0 Å². The second-order valence-electron chi connectivity index (χ2n) is 9.03. The average molecular weight is 466 g/mol. The number of hydrogen-bond donors (Lipinski definition) is 2. The summed E-state index contributed by atoms with van der Waals surface area (Å²) in [5.74, 6) is 6.14. The minimum Gasteiger partial charge on any atom is -0.463 e. The lowest BCUT2D eigenvalue weighted by Gasteiger charge is -2.32. The summed E-state index contributed by atoms with van der Waals surface area (Å²) in [5.41, 5.74) is 0.195. The number of hydrogen-bond acceptors (Lipinski definition) is 7. The normalized spacial score (nSPS) is 17.9. The third kappa shape index (κ3) is 11.8. The number of carbonyl (C=O) groups excluding carboxylic acids is 1. The molecule has 0 radical (unpaired) electrons. The molecule has 0 saturated carbocycles. The molecular weight excluding hydrogens is 422 g/mol. The molecule has 0 aliphatic carbocycles. The van der Waals surface area contributed by atoms with Crippen molar-refractivity contribution < 1.29 is 19.0 Å². The lowest BCUT2D eigenvalue weighted by molar-refractivity contribution is -0.0700. The number of nitrogens with two attached hydrogens (primary N) is 1. The van der Waals surface area contributed by atoms with Crippen molar-refractivity contribution in [2.24, 2.45) is 10.8 Å². The Morgan fingerprint density at radius 3 is 2.73 bits per heavy atom. The summed E-state index contributed by atoms with van der Waals surface area (Å²) in [4.78, 5) is 17.9. The topological polar surface area (TPSA) is 102 Å². The van der Waals surface area contributed by atoms with E-state index >= 15 is 0 Å². The summed E-state index contributed by atoms with van der Waals surface area (Å²) >= 11 is 0. The van der Waals surface area contributed by atoms with Crippen LogP contribution < -0.4 is 11.2 Å². The van der Waals surface area contributed by atoms with Gasteiger partial charge in [0.1, 0.15) is 18.4 Å². The highest BCUT2D eigenvalue weighted by Crippen LogP contribution is 2.17. The molecule has 1 aliphatic heterocycles. The van der Waals surface area contributed by atoms with E-state index in [0.29, 0.717) is 12.6 Å². The number of nitrogens with one attached hydrogen (secondary N) is 1. The van der Waals surface area contributed by atoms with Crippen molar-refractivity contribution in [3.05, 3.63) is 37.2 Å². The van der Waals surface area contributed by atoms with Gasteiger partial charge in [0.15, 0.2) is 0 Å². The number of carbonyl (C=O) groups is 1. The summed E-state index contributed by atoms with van der Waals surface area (Å²) < 4.78 is 16.7. The molecule has 2 atom stereocenters. The van der Waals surface area contributed by atoms with Crippen molar-refractivity contribution in [3.8, 4) is 0 Å². The van der Waals surface area contributed by atoms with E-state index in [1.165, 1.54) is 6.20 Å². The highest BCUT2D eigenvalue weighted by atomic mass is 16.6. The summed E-state index contributed by atoms with van der Waals surface area (Å²) in [5, 5.41) is 4.27. The molecule has 33 heavy (non-hydrogen) atoms. The lowest BCUT2D eigenvalue weighted by Crippen LogP contribution is -2.43. The molecule has 0 aromatic rings. The molecule has 1 rings (SSSR count). The van der Waals surface area contributed by atoms with Crippen molar-refractivity contribution in [1.29, 1.82) is 0 Å². The average Bonchev–Trinajstić information content (AvgIpc) is 2.76. The van der Waals surface area contributed by atoms with Crippen molar-refractivity contribution in [3.63, 3.8) is 0 Å². The number of nitrogens with zero attached hydrogens (tertiary/aromatic N) is 3. The molecule has 188 valence electrons. The Morgan fingerprint density at radius 2 is 2.12 bits per heavy atom. The second kappa shape index (κ2) is 14.6. The highest BCUT2D eigenvalue weighted by Gasteiger charge is 2.20. The van der Waals surface area contributed by atoms with Crippen LogP contribution in [0.15, 0.2) is 42.2 Å². The van der Waals surface area contributed by atoms with Gasteiger partial charge in [-0.2, -0.15) is 0 Å². The maximum absolute atomic E-state index is 11.7. The van der Waals surface area contributed by atoms with Gasteiger partial charge in [0.25, 0.3) is 6.02 Å². The van der Waals surface area contributed by atoms with Gasteiger partial charge in [-0.15, -0.1) is 0 Å². The molecule has 9 heteroatoms. The molecule has 0 spiro atoms. The fourth-order valence-electron chi connectivity index (χ4n) is 3.07. The van der Waals surface area contributed by atoms with E-state index in [1.54, 1.807) is 5.01 Å². The molecule has 1 fully saturated rings. The van der Waals surface area contributed by atoms with E-state index < -0.39 is 11.7 Å². The molecule has 1 saturated heterocycles. The zero-order valence-corrected chi connectivity index (χ0v) is 21.0. The summed E-state index contributed by atoms with van der Waals surface area (Å²) in [7, 11) is 1.92. The molecule has 1 aliphatic rings. The number of aliphatic imine (C=N–C) groups is 1. The van der Waals surface area contributed by atoms with Crippen molar-refractivity contribution in [2.75, 3.05) is 26.8 Å². The molecule has 0 aromatic heterocycles. The van der Waals surface area contributed by atoms with Crippen LogP contribution in [0.4, 0.5) is 4.79 Å². The monoisotopic (exact) mass is 465 g/mol. The van der Waals surface area contributed by atoms with Gasteiger partial charge >= 0.3 is 6.09 Å². The molecule has 3 N–H and O–H groups in total. The Hall–Kier alpha value is -2.52. The summed E-state index contributed by atoms with van der Waals surface area (Å²) in [6, 6.07) is 0.607. The first-order valence-electron chi connectivity index (χ1n) is 11.6. The molecule has 1 heterocycles. The Balaban J connectivity index is 2.40. The van der Waals surface area contributed by atoms with E-state index in [1.807, 2.05) is 38.8 Å². The minimum absolute atomic E-state index is 0.0967. The predicted octanol–water partition coefficient (Wildman–Crippen LogP) is 3.90. The number of hydrazine groups is 1. The van der Waals surface area contributed by atoms with E-state index in [2.05, 4.69) is 36.5 Å². The summed E-state index contributed by atoms with van der Waals surface area (Å²) in [6.07, 6.45) is 9.69. The van der Waals surface area contributed by atoms with Gasteiger partial charge < -0.3 is 24.4 Å². The third-order valence-corrected chi connectivity index (χ3v) is 5.02. The van der Waals surface area contributed by atoms with Crippen molar-refractivity contribution in [2.45, 2.75) is 77.7 Å². The first-order valence-corrected chi connectivity index (χ1v) is 11.6. The molecule has 1 unspecified atom stereocenters. The Morgan fingerprint density at radius 1 is 1.39 bits per heavy atom. The van der Waals surface area contributed by atoms with E-state index in [-0.39, 0.29) is 18.9 Å². The standard InChI is InChI=1S/C24H43N5O4/c1-8-26-22(32-18-16-27-23(30)33-24(4,5)6)28(7)19(2)13-9-10-14-20(3)29(25)21-15-11-12-17-31-21/h8,10,14,19,21H,1,3,9,11-13,15-18,25H2,2,4-7H3,(H,27,30)/b14-10-,26-22?/t19-,21?/m0/s1. The van der Waals surface area contributed by atoms with Gasteiger partial charge in [-0.1, -0.05) is 19.2 Å². The number of rotatable bonds is 11. The smallest absolute Gasteiger partial charge is 0.407 e.